The van der Waals surface area contributed by atoms with Crippen molar-refractivity contribution in [1.82, 2.24) is 9.69 Å². The molecule has 6 nitrogen and oxygen atoms in total. The van der Waals surface area contributed by atoms with Crippen LogP contribution in [0.5, 0.6) is 5.75 Å². The molecule has 1 aromatic heterocycles. The van der Waals surface area contributed by atoms with E-state index in [1.165, 1.54) is 18.5 Å². The Kier molecular flexibility index (Phi) is 4.65. The zero-order chi connectivity index (χ0) is 16.3. The van der Waals surface area contributed by atoms with Gasteiger partial charge in [0, 0.05) is 11.6 Å². The molecule has 7 heteroatoms. The molecule has 0 aliphatic heterocycles. The second kappa shape index (κ2) is 6.31. The number of nitrogens with zero attached hydrogens (tertiary/aromatic N) is 1. The third-order valence-electron chi connectivity index (χ3n) is 2.63. The zero-order valence-corrected chi connectivity index (χ0v) is 13.7. The zero-order valence-electron chi connectivity index (χ0n) is 12.9. The first-order valence-corrected chi connectivity index (χ1v) is 7.57. The van der Waals surface area contributed by atoms with Gasteiger partial charge in [-0.25, -0.2) is 9.59 Å². The summed E-state index contributed by atoms with van der Waals surface area (Å²) in [7, 11) is 0. The largest absolute Gasteiger partial charge is 0.444 e. The lowest BCUT2D eigenvalue weighted by atomic mass is 10.2. The Morgan fingerprint density at radius 3 is 2.73 bits per heavy atom. The monoisotopic (exact) mass is 322 g/mol. The number of hydrogen-bond donors (Lipinski definition) is 1. The fourth-order valence-corrected chi connectivity index (χ4v) is 2.29. The van der Waals surface area contributed by atoms with Crippen LogP contribution < -0.4 is 10.1 Å². The lowest BCUT2D eigenvalue weighted by Gasteiger charge is -2.21. The molecule has 0 aliphatic carbocycles. The molecule has 2 rings (SSSR count). The van der Waals surface area contributed by atoms with Crippen molar-refractivity contribution in [2.45, 2.75) is 39.3 Å². The average Bonchev–Trinajstić information content (AvgIpc) is 2.83. The summed E-state index contributed by atoms with van der Waals surface area (Å²) in [5.74, 6) is -0.149. The minimum absolute atomic E-state index is 0.413. The van der Waals surface area contributed by atoms with Gasteiger partial charge in [0.25, 0.3) is 0 Å². The number of carbonyl (C=O) groups is 2. The number of benzene rings is 1. The average molecular weight is 322 g/mol. The maximum atomic E-state index is 12.0. The quantitative estimate of drug-likeness (QED) is 0.694. The Bertz CT molecular complexity index is 690. The Morgan fingerprint density at radius 1 is 1.32 bits per heavy atom. The number of hydrogen-bond acceptors (Lipinski definition) is 6. The highest BCUT2D eigenvalue weighted by Crippen LogP contribution is 2.23. The maximum Gasteiger partial charge on any atom is 0.408 e. The third-order valence-corrected chi connectivity index (χ3v) is 3.41. The van der Waals surface area contributed by atoms with Gasteiger partial charge in [-0.3, -0.25) is 0 Å². The molecule has 0 saturated heterocycles. The van der Waals surface area contributed by atoms with Gasteiger partial charge in [-0.1, -0.05) is 0 Å². The van der Waals surface area contributed by atoms with E-state index in [2.05, 4.69) is 9.69 Å². The van der Waals surface area contributed by atoms with Crippen LogP contribution in [0, 0.1) is 0 Å². The second-order valence-electron chi connectivity index (χ2n) is 5.81. The van der Waals surface area contributed by atoms with E-state index >= 15 is 0 Å². The van der Waals surface area contributed by atoms with Crippen molar-refractivity contribution in [1.29, 1.82) is 0 Å². The standard InChI is InChI=1S/C15H18N2O4S/c1-9(17-14(19)21-15(2,3)4)13(18)20-11-5-6-12-10(7-11)8-16-22-12/h5-9H,1-4H3,(H,17,19)/t9-/m0/s1. The maximum absolute atomic E-state index is 12.0. The van der Waals surface area contributed by atoms with Crippen molar-refractivity contribution in [2.24, 2.45) is 0 Å². The van der Waals surface area contributed by atoms with Gasteiger partial charge in [-0.15, -0.1) is 0 Å². The summed E-state index contributed by atoms with van der Waals surface area (Å²) in [5.41, 5.74) is -0.620. The molecule has 0 fully saturated rings. The number of nitrogens with one attached hydrogen (secondary N) is 1. The van der Waals surface area contributed by atoms with Crippen molar-refractivity contribution in [2.75, 3.05) is 0 Å². The van der Waals surface area contributed by atoms with Crippen LogP contribution in [0.15, 0.2) is 24.4 Å². The van der Waals surface area contributed by atoms with E-state index in [0.29, 0.717) is 5.75 Å². The van der Waals surface area contributed by atoms with E-state index in [-0.39, 0.29) is 0 Å². The van der Waals surface area contributed by atoms with Gasteiger partial charge in [0.15, 0.2) is 0 Å². The number of fused-ring (bicyclic) bond motifs is 1. The van der Waals surface area contributed by atoms with Crippen LogP contribution in [-0.2, 0) is 9.53 Å². The lowest BCUT2D eigenvalue weighted by Crippen LogP contribution is -2.43. The highest BCUT2D eigenvalue weighted by molar-refractivity contribution is 7.13. The van der Waals surface area contributed by atoms with Gasteiger partial charge < -0.3 is 14.8 Å². The molecule has 118 valence electrons. The van der Waals surface area contributed by atoms with Crippen molar-refractivity contribution in [3.8, 4) is 5.75 Å². The molecule has 0 aliphatic rings. The van der Waals surface area contributed by atoms with E-state index in [1.54, 1.807) is 39.1 Å². The molecule has 0 bridgehead atoms. The van der Waals surface area contributed by atoms with Crippen LogP contribution in [0.1, 0.15) is 27.7 Å². The van der Waals surface area contributed by atoms with Gasteiger partial charge in [0.2, 0.25) is 0 Å². The molecule has 2 aromatic rings. The first kappa shape index (κ1) is 16.2. The molecule has 1 amide bonds. The predicted molar refractivity (Wildman–Crippen MR) is 84.1 cm³/mol. The van der Waals surface area contributed by atoms with Gasteiger partial charge in [-0.05, 0) is 57.4 Å². The Hall–Kier alpha value is -2.15. The summed E-state index contributed by atoms with van der Waals surface area (Å²) in [5, 5.41) is 3.35. The highest BCUT2D eigenvalue weighted by atomic mass is 32.1. The molecule has 0 spiro atoms. The number of carbonyl (C=O) groups excluding carboxylic acids is 2. The summed E-state index contributed by atoms with van der Waals surface area (Å²) in [6.07, 6.45) is 1.05. The number of esters is 1. The van der Waals surface area contributed by atoms with Crippen molar-refractivity contribution < 1.29 is 19.1 Å². The predicted octanol–water partition coefficient (Wildman–Crippen LogP) is 3.11. The minimum Gasteiger partial charge on any atom is -0.444 e. The second-order valence-corrected chi connectivity index (χ2v) is 6.65. The van der Waals surface area contributed by atoms with Crippen LogP contribution in [0.2, 0.25) is 0 Å². The third kappa shape index (κ3) is 4.42. The minimum atomic E-state index is -0.814. The van der Waals surface area contributed by atoms with Gasteiger partial charge in [-0.2, -0.15) is 4.37 Å². The van der Waals surface area contributed by atoms with Crippen LogP contribution in [-0.4, -0.2) is 28.1 Å². The summed E-state index contributed by atoms with van der Waals surface area (Å²) in [4.78, 5) is 23.6. The molecule has 0 radical (unpaired) electrons. The number of amides is 1. The molecule has 1 heterocycles. The Morgan fingerprint density at radius 2 is 2.05 bits per heavy atom. The van der Waals surface area contributed by atoms with Crippen LogP contribution in [0.25, 0.3) is 10.1 Å². The molecule has 1 N–H and O–H groups in total. The molecule has 0 saturated carbocycles. The van der Waals surface area contributed by atoms with E-state index in [1.807, 2.05) is 6.07 Å². The van der Waals surface area contributed by atoms with Gasteiger partial charge in [0.1, 0.15) is 17.4 Å². The summed E-state index contributed by atoms with van der Waals surface area (Å²) in [6.45, 7) is 6.79. The fraction of sp³-hybridized carbons (Fsp3) is 0.400. The Labute approximate surface area is 132 Å². The number of alkyl carbamates (subject to hydrolysis) is 1. The highest BCUT2D eigenvalue weighted by Gasteiger charge is 2.22. The topological polar surface area (TPSA) is 77.5 Å². The summed E-state index contributed by atoms with van der Waals surface area (Å²) < 4.78 is 15.4. The lowest BCUT2D eigenvalue weighted by molar-refractivity contribution is -0.136. The molecular formula is C15H18N2O4S. The van der Waals surface area contributed by atoms with Gasteiger partial charge in [0.05, 0.1) is 4.70 Å². The van der Waals surface area contributed by atoms with Crippen molar-refractivity contribution >= 4 is 33.7 Å². The normalized spacial score (nSPS) is 12.7. The first-order valence-electron chi connectivity index (χ1n) is 6.80. The Balaban J connectivity index is 1.94. The van der Waals surface area contributed by atoms with Gasteiger partial charge >= 0.3 is 12.1 Å². The molecule has 1 aromatic carbocycles. The first-order chi connectivity index (χ1) is 10.2. The van der Waals surface area contributed by atoms with E-state index in [4.69, 9.17) is 9.47 Å². The molecule has 0 unspecified atom stereocenters. The molecule has 1 atom stereocenters. The SMILES string of the molecule is C[C@H](NC(=O)OC(C)(C)C)C(=O)Oc1ccc2sncc2c1. The number of ether oxygens (including phenoxy) is 2. The summed E-state index contributed by atoms with van der Waals surface area (Å²) in [6, 6.07) is 4.45. The van der Waals surface area contributed by atoms with Crippen LogP contribution in [0.3, 0.4) is 0 Å². The molecular weight excluding hydrogens is 304 g/mol. The number of aromatic nitrogens is 1. The van der Waals surface area contributed by atoms with E-state index in [0.717, 1.165) is 10.1 Å². The van der Waals surface area contributed by atoms with Crippen LogP contribution >= 0.6 is 11.5 Å². The van der Waals surface area contributed by atoms with Crippen molar-refractivity contribution in [3.05, 3.63) is 24.4 Å². The smallest absolute Gasteiger partial charge is 0.408 e. The molecule has 22 heavy (non-hydrogen) atoms. The number of rotatable bonds is 3. The fourth-order valence-electron chi connectivity index (χ4n) is 1.66. The van der Waals surface area contributed by atoms with E-state index in [9.17, 15) is 9.59 Å². The van der Waals surface area contributed by atoms with Crippen molar-refractivity contribution in [3.63, 3.8) is 0 Å². The van der Waals surface area contributed by atoms with Crippen LogP contribution in [0.4, 0.5) is 4.79 Å². The van der Waals surface area contributed by atoms with E-state index < -0.39 is 23.7 Å². The summed E-state index contributed by atoms with van der Waals surface area (Å²) >= 11 is 1.37.